The van der Waals surface area contributed by atoms with E-state index in [0.717, 1.165) is 0 Å². The Balaban J connectivity index is 1.85. The number of carbonyl (C=O) groups excluding carboxylic acids is 3. The Bertz CT molecular complexity index is 1160. The van der Waals surface area contributed by atoms with Crippen LogP contribution in [0.3, 0.4) is 0 Å². The largest absolute Gasteiger partial charge is 0.497 e. The van der Waals surface area contributed by atoms with Gasteiger partial charge in [-0.3, -0.25) is 4.79 Å². The van der Waals surface area contributed by atoms with Gasteiger partial charge in [0.15, 0.2) is 0 Å². The molecule has 2 aromatic carbocycles. The lowest BCUT2D eigenvalue weighted by atomic mass is 9.99. The van der Waals surface area contributed by atoms with Crippen molar-refractivity contribution in [1.82, 2.24) is 15.1 Å². The molecule has 0 radical (unpaired) electrons. The molecule has 1 heterocycles. The first kappa shape index (κ1) is 29.6. The third-order valence-corrected chi connectivity index (χ3v) is 6.48. The topological polar surface area (TPSA) is 132 Å². The first-order valence-electron chi connectivity index (χ1n) is 13.0. The standard InChI is InChI=1S/C28H39N5O6/c1-17(2)29-28(37)32(5)15-25-18(3)14-33(19(4)16-34)26(35)23-13-21(9-12-24(23)39-25)31-27(36)30-20-7-10-22(38-6)11-8-20/h7-13,17-19,25,34H,14-16H2,1-6H3,(H,29,37)(H2,30,31,36)/t18-,19+,25+/m1/s1. The van der Waals surface area contributed by atoms with Crippen molar-refractivity contribution in [2.75, 3.05) is 44.5 Å². The van der Waals surface area contributed by atoms with Crippen LogP contribution in [0.15, 0.2) is 42.5 Å². The molecule has 0 aromatic heterocycles. The van der Waals surface area contributed by atoms with Gasteiger partial charge in [0.05, 0.1) is 31.9 Å². The van der Waals surface area contributed by atoms with E-state index >= 15 is 0 Å². The zero-order valence-electron chi connectivity index (χ0n) is 23.4. The molecule has 0 aliphatic carbocycles. The number of benzene rings is 2. The summed E-state index contributed by atoms with van der Waals surface area (Å²) in [5.74, 6) is 0.549. The summed E-state index contributed by atoms with van der Waals surface area (Å²) in [5.41, 5.74) is 1.22. The molecule has 0 saturated carbocycles. The number of anilines is 2. The molecule has 11 nitrogen and oxygen atoms in total. The van der Waals surface area contributed by atoms with Crippen LogP contribution in [0.2, 0.25) is 0 Å². The van der Waals surface area contributed by atoms with E-state index in [0.29, 0.717) is 36.0 Å². The van der Waals surface area contributed by atoms with Crippen LogP contribution >= 0.6 is 0 Å². The minimum atomic E-state index is -0.482. The first-order chi connectivity index (χ1) is 18.5. The van der Waals surface area contributed by atoms with Crippen molar-refractivity contribution < 1.29 is 29.0 Å². The highest BCUT2D eigenvalue weighted by Gasteiger charge is 2.34. The fraction of sp³-hybridized carbons (Fsp3) is 0.464. The number of nitrogens with zero attached hydrogens (tertiary/aromatic N) is 2. The zero-order valence-corrected chi connectivity index (χ0v) is 23.4. The van der Waals surface area contributed by atoms with Crippen LogP contribution in [0, 0.1) is 5.92 Å². The van der Waals surface area contributed by atoms with Gasteiger partial charge in [-0.2, -0.15) is 0 Å². The highest BCUT2D eigenvalue weighted by atomic mass is 16.5. The van der Waals surface area contributed by atoms with Gasteiger partial charge in [-0.05, 0) is 63.2 Å². The minimum Gasteiger partial charge on any atom is -0.497 e. The minimum absolute atomic E-state index is 0.0114. The van der Waals surface area contributed by atoms with Gasteiger partial charge in [-0.25, -0.2) is 9.59 Å². The molecule has 39 heavy (non-hydrogen) atoms. The average Bonchev–Trinajstić information content (AvgIpc) is 2.90. The van der Waals surface area contributed by atoms with Crippen molar-refractivity contribution in [3.63, 3.8) is 0 Å². The Hall–Kier alpha value is -3.99. The van der Waals surface area contributed by atoms with E-state index in [1.54, 1.807) is 73.3 Å². The molecule has 0 bridgehead atoms. The van der Waals surface area contributed by atoms with Gasteiger partial charge in [0.1, 0.15) is 17.6 Å². The van der Waals surface area contributed by atoms with Crippen LogP contribution in [0.4, 0.5) is 21.0 Å². The van der Waals surface area contributed by atoms with Crippen molar-refractivity contribution in [2.45, 2.75) is 45.9 Å². The van der Waals surface area contributed by atoms with Gasteiger partial charge >= 0.3 is 12.1 Å². The second-order valence-electron chi connectivity index (χ2n) is 10.1. The molecular formula is C28H39N5O6. The summed E-state index contributed by atoms with van der Waals surface area (Å²) in [6.45, 7) is 7.90. The van der Waals surface area contributed by atoms with Crippen molar-refractivity contribution in [3.8, 4) is 11.5 Å². The number of urea groups is 2. The van der Waals surface area contributed by atoms with Crippen molar-refractivity contribution in [2.24, 2.45) is 5.92 Å². The lowest BCUT2D eigenvalue weighted by Gasteiger charge is -2.38. The molecule has 4 N–H and O–H groups in total. The molecule has 11 heteroatoms. The number of aliphatic hydroxyl groups is 1. The number of methoxy groups -OCH3 is 1. The highest BCUT2D eigenvalue weighted by molar-refractivity contribution is 6.02. The van der Waals surface area contributed by atoms with Crippen LogP contribution in [0.5, 0.6) is 11.5 Å². The number of rotatable bonds is 8. The summed E-state index contributed by atoms with van der Waals surface area (Å²) in [6.07, 6.45) is -0.426. The average molecular weight is 542 g/mol. The summed E-state index contributed by atoms with van der Waals surface area (Å²) >= 11 is 0. The van der Waals surface area contributed by atoms with E-state index in [1.807, 2.05) is 20.8 Å². The molecule has 3 rings (SSSR count). The van der Waals surface area contributed by atoms with Gasteiger partial charge in [0, 0.05) is 36.9 Å². The summed E-state index contributed by atoms with van der Waals surface area (Å²) in [7, 11) is 3.26. The summed E-state index contributed by atoms with van der Waals surface area (Å²) in [4.78, 5) is 41.9. The van der Waals surface area contributed by atoms with E-state index in [1.165, 1.54) is 0 Å². The summed E-state index contributed by atoms with van der Waals surface area (Å²) in [5, 5.41) is 18.2. The Morgan fingerprint density at radius 3 is 2.38 bits per heavy atom. The van der Waals surface area contributed by atoms with E-state index in [-0.39, 0.29) is 36.1 Å². The van der Waals surface area contributed by atoms with Crippen LogP contribution in [-0.2, 0) is 0 Å². The quantitative estimate of drug-likeness (QED) is 0.404. The van der Waals surface area contributed by atoms with Crippen LogP contribution < -0.4 is 25.4 Å². The Kier molecular flexibility index (Phi) is 10.00. The van der Waals surface area contributed by atoms with E-state index < -0.39 is 18.2 Å². The number of nitrogens with one attached hydrogen (secondary N) is 3. The summed E-state index contributed by atoms with van der Waals surface area (Å²) < 4.78 is 11.4. The molecule has 1 aliphatic rings. The predicted octanol–water partition coefficient (Wildman–Crippen LogP) is 3.61. The lowest BCUT2D eigenvalue weighted by molar-refractivity contribution is 0.0366. The molecule has 5 amide bonds. The molecule has 2 aromatic rings. The van der Waals surface area contributed by atoms with Gasteiger partial charge in [0.25, 0.3) is 5.91 Å². The Morgan fingerprint density at radius 2 is 1.77 bits per heavy atom. The molecule has 1 aliphatic heterocycles. The van der Waals surface area contributed by atoms with Gasteiger partial charge in [-0.1, -0.05) is 6.92 Å². The second-order valence-corrected chi connectivity index (χ2v) is 10.1. The number of amides is 5. The maximum Gasteiger partial charge on any atom is 0.323 e. The molecule has 0 spiro atoms. The fourth-order valence-corrected chi connectivity index (χ4v) is 4.20. The molecule has 0 saturated heterocycles. The normalized spacial score (nSPS) is 17.7. The number of fused-ring (bicyclic) bond motifs is 1. The monoisotopic (exact) mass is 541 g/mol. The number of hydrogen-bond donors (Lipinski definition) is 4. The van der Waals surface area contributed by atoms with Crippen LogP contribution in [-0.4, -0.2) is 84.9 Å². The molecule has 0 fully saturated rings. The SMILES string of the molecule is COc1ccc(NC(=O)Nc2ccc3c(c2)C(=O)N([C@@H](C)CO)C[C@@H](C)[C@H](CN(C)C(=O)NC(C)C)O3)cc1. The zero-order chi connectivity index (χ0) is 28.7. The smallest absolute Gasteiger partial charge is 0.323 e. The molecule has 212 valence electrons. The second kappa shape index (κ2) is 13.2. The molecule has 3 atom stereocenters. The van der Waals surface area contributed by atoms with Crippen molar-refractivity contribution in [1.29, 1.82) is 0 Å². The number of hydrogen-bond acceptors (Lipinski definition) is 6. The number of ether oxygens (including phenoxy) is 2. The van der Waals surface area contributed by atoms with Crippen LogP contribution in [0.25, 0.3) is 0 Å². The summed E-state index contributed by atoms with van der Waals surface area (Å²) in [6, 6.07) is 10.6. The number of carbonyl (C=O) groups is 3. The fourth-order valence-electron chi connectivity index (χ4n) is 4.20. The Morgan fingerprint density at radius 1 is 1.13 bits per heavy atom. The molecule has 0 unspecified atom stereocenters. The predicted molar refractivity (Wildman–Crippen MR) is 150 cm³/mol. The van der Waals surface area contributed by atoms with Gasteiger partial charge in [-0.15, -0.1) is 0 Å². The third kappa shape index (κ3) is 7.76. The van der Waals surface area contributed by atoms with E-state index in [4.69, 9.17) is 9.47 Å². The maximum atomic E-state index is 13.6. The van der Waals surface area contributed by atoms with Gasteiger partial charge < -0.3 is 40.3 Å². The van der Waals surface area contributed by atoms with Gasteiger partial charge in [0.2, 0.25) is 0 Å². The molecular weight excluding hydrogens is 502 g/mol. The van der Waals surface area contributed by atoms with Crippen LogP contribution in [0.1, 0.15) is 38.1 Å². The van der Waals surface area contributed by atoms with E-state index in [9.17, 15) is 19.5 Å². The first-order valence-corrected chi connectivity index (χ1v) is 13.0. The van der Waals surface area contributed by atoms with E-state index in [2.05, 4.69) is 16.0 Å². The van der Waals surface area contributed by atoms with Crippen molar-refractivity contribution in [3.05, 3.63) is 48.0 Å². The maximum absolute atomic E-state index is 13.6. The highest BCUT2D eigenvalue weighted by Crippen LogP contribution is 2.31. The number of likely N-dealkylation sites (N-methyl/N-ethyl adjacent to an activating group) is 1. The van der Waals surface area contributed by atoms with Crippen molar-refractivity contribution >= 4 is 29.3 Å². The Labute approximate surface area is 229 Å². The third-order valence-electron chi connectivity index (χ3n) is 6.48. The number of aliphatic hydroxyl groups excluding tert-OH is 1. The lowest BCUT2D eigenvalue weighted by Crippen LogP contribution is -2.51.